The van der Waals surface area contributed by atoms with Crippen LogP contribution in [0.4, 0.5) is 4.79 Å². The summed E-state index contributed by atoms with van der Waals surface area (Å²) in [4.78, 5) is 32.3. The van der Waals surface area contributed by atoms with Crippen molar-refractivity contribution in [1.29, 1.82) is 5.26 Å². The molecule has 0 aliphatic carbocycles. The SMILES string of the molecule is CC1(c2ccccc2)N(Cc2ccccc2C#N)C(=O)OC12CCN(C(=O)CN1CCOCC1)CC2. The van der Waals surface area contributed by atoms with E-state index in [0.29, 0.717) is 51.3 Å². The molecule has 36 heavy (non-hydrogen) atoms. The van der Waals surface area contributed by atoms with Crippen molar-refractivity contribution in [2.75, 3.05) is 45.9 Å². The molecule has 1 spiro atoms. The van der Waals surface area contributed by atoms with Crippen LogP contribution in [0.25, 0.3) is 0 Å². The lowest BCUT2D eigenvalue weighted by Gasteiger charge is -2.48. The number of hydrogen-bond donors (Lipinski definition) is 0. The van der Waals surface area contributed by atoms with Crippen LogP contribution >= 0.6 is 0 Å². The number of carbonyl (C=O) groups excluding carboxylic acids is 2. The molecule has 3 fully saturated rings. The third-order valence-corrected chi connectivity index (χ3v) is 8.12. The van der Waals surface area contributed by atoms with Crippen LogP contribution < -0.4 is 0 Å². The first kappa shape index (κ1) is 24.3. The molecule has 0 radical (unpaired) electrons. The fourth-order valence-corrected chi connectivity index (χ4v) is 5.85. The van der Waals surface area contributed by atoms with Gasteiger partial charge >= 0.3 is 6.09 Å². The number of rotatable bonds is 5. The van der Waals surface area contributed by atoms with Crippen molar-refractivity contribution in [2.45, 2.75) is 37.5 Å². The van der Waals surface area contributed by atoms with E-state index in [2.05, 4.69) is 17.9 Å². The first-order valence-corrected chi connectivity index (χ1v) is 12.6. The quantitative estimate of drug-likeness (QED) is 0.643. The molecule has 3 aliphatic heterocycles. The van der Waals surface area contributed by atoms with Crippen LogP contribution in [-0.4, -0.2) is 78.2 Å². The Balaban J connectivity index is 1.41. The molecule has 1 atom stereocenters. The van der Waals surface area contributed by atoms with Gasteiger partial charge in [0.05, 0.1) is 37.9 Å². The number of carbonyl (C=O) groups is 2. The van der Waals surface area contributed by atoms with Gasteiger partial charge in [0.2, 0.25) is 5.91 Å². The van der Waals surface area contributed by atoms with E-state index in [1.807, 2.05) is 53.4 Å². The largest absolute Gasteiger partial charge is 0.440 e. The minimum Gasteiger partial charge on any atom is -0.440 e. The molecular weight excluding hydrogens is 456 g/mol. The summed E-state index contributed by atoms with van der Waals surface area (Å²) in [7, 11) is 0. The summed E-state index contributed by atoms with van der Waals surface area (Å²) in [5.41, 5.74) is 0.786. The molecule has 3 aliphatic rings. The van der Waals surface area contributed by atoms with Crippen LogP contribution in [0.3, 0.4) is 0 Å². The molecule has 5 rings (SSSR count). The van der Waals surface area contributed by atoms with Gasteiger partial charge in [-0.25, -0.2) is 4.79 Å². The Kier molecular flexibility index (Phi) is 6.69. The second kappa shape index (κ2) is 9.92. The third kappa shape index (κ3) is 4.23. The average Bonchev–Trinajstić information content (AvgIpc) is 3.12. The fourth-order valence-electron chi connectivity index (χ4n) is 5.85. The highest BCUT2D eigenvalue weighted by molar-refractivity contribution is 5.79. The van der Waals surface area contributed by atoms with Gasteiger partial charge in [-0.2, -0.15) is 5.26 Å². The van der Waals surface area contributed by atoms with Crippen molar-refractivity contribution >= 4 is 12.0 Å². The Hall–Kier alpha value is -3.41. The van der Waals surface area contributed by atoms with Gasteiger partial charge in [-0.3, -0.25) is 14.6 Å². The van der Waals surface area contributed by atoms with Gasteiger partial charge in [-0.05, 0) is 24.1 Å². The summed E-state index contributed by atoms with van der Waals surface area (Å²) in [5, 5.41) is 9.61. The van der Waals surface area contributed by atoms with E-state index in [-0.39, 0.29) is 18.5 Å². The summed E-state index contributed by atoms with van der Waals surface area (Å²) in [5.74, 6) is 0.109. The molecular formula is C28H32N4O4. The Morgan fingerprint density at radius 1 is 1.00 bits per heavy atom. The zero-order valence-corrected chi connectivity index (χ0v) is 20.7. The molecule has 2 aromatic rings. The van der Waals surface area contributed by atoms with Crippen LogP contribution in [0.5, 0.6) is 0 Å². The standard InChI is InChI=1S/C28H32N4O4/c1-27(24-9-3-2-4-10-24)28(36-26(34)32(27)20-23-8-6-5-7-22(23)19-29)11-13-31(14-12-28)25(33)21-30-15-17-35-18-16-30/h2-10H,11-18,20-21H2,1H3. The molecule has 3 heterocycles. The second-order valence-corrected chi connectivity index (χ2v) is 9.92. The van der Waals surface area contributed by atoms with E-state index >= 15 is 0 Å². The maximum atomic E-state index is 13.4. The van der Waals surface area contributed by atoms with Crippen LogP contribution in [0.15, 0.2) is 54.6 Å². The first-order chi connectivity index (χ1) is 17.5. The minimum atomic E-state index is -0.775. The number of piperidine rings is 1. The van der Waals surface area contributed by atoms with Crippen molar-refractivity contribution in [3.8, 4) is 6.07 Å². The molecule has 1 unspecified atom stereocenters. The van der Waals surface area contributed by atoms with Crippen LogP contribution in [0, 0.1) is 11.3 Å². The summed E-state index contributed by atoms with van der Waals surface area (Å²) in [6, 6.07) is 19.6. The van der Waals surface area contributed by atoms with Gasteiger partial charge in [-0.1, -0.05) is 48.5 Å². The molecule has 2 aromatic carbocycles. The number of nitriles is 1. The van der Waals surface area contributed by atoms with E-state index in [1.165, 1.54) is 0 Å². The van der Waals surface area contributed by atoms with E-state index in [1.54, 1.807) is 11.0 Å². The normalized spacial score (nSPS) is 23.9. The van der Waals surface area contributed by atoms with E-state index in [4.69, 9.17) is 9.47 Å². The van der Waals surface area contributed by atoms with Gasteiger partial charge in [-0.15, -0.1) is 0 Å². The number of amides is 2. The van der Waals surface area contributed by atoms with Crippen LogP contribution in [-0.2, 0) is 26.4 Å². The number of hydrogen-bond acceptors (Lipinski definition) is 6. The van der Waals surface area contributed by atoms with E-state index < -0.39 is 11.1 Å². The Morgan fingerprint density at radius 3 is 2.36 bits per heavy atom. The van der Waals surface area contributed by atoms with Gasteiger partial charge in [0.25, 0.3) is 0 Å². The maximum absolute atomic E-state index is 13.4. The number of likely N-dealkylation sites (tertiary alicyclic amines) is 1. The van der Waals surface area contributed by atoms with Crippen molar-refractivity contribution < 1.29 is 19.1 Å². The summed E-state index contributed by atoms with van der Waals surface area (Å²) < 4.78 is 11.6. The highest BCUT2D eigenvalue weighted by Gasteiger charge is 2.63. The molecule has 0 bridgehead atoms. The summed E-state index contributed by atoms with van der Waals surface area (Å²) >= 11 is 0. The monoisotopic (exact) mass is 488 g/mol. The predicted molar refractivity (Wildman–Crippen MR) is 133 cm³/mol. The highest BCUT2D eigenvalue weighted by atomic mass is 16.6. The maximum Gasteiger partial charge on any atom is 0.411 e. The van der Waals surface area contributed by atoms with Gasteiger partial charge in [0.15, 0.2) is 0 Å². The highest BCUT2D eigenvalue weighted by Crippen LogP contribution is 2.52. The third-order valence-electron chi connectivity index (χ3n) is 8.12. The Bertz CT molecular complexity index is 1150. The molecule has 3 saturated heterocycles. The van der Waals surface area contributed by atoms with Crippen molar-refractivity contribution in [2.24, 2.45) is 0 Å². The zero-order chi connectivity index (χ0) is 25.2. The zero-order valence-electron chi connectivity index (χ0n) is 20.7. The fraction of sp³-hybridized carbons (Fsp3) is 0.464. The number of nitrogens with zero attached hydrogens (tertiary/aromatic N) is 4. The first-order valence-electron chi connectivity index (χ1n) is 12.6. The molecule has 0 saturated carbocycles. The average molecular weight is 489 g/mol. The molecule has 0 N–H and O–H groups in total. The van der Waals surface area contributed by atoms with Gasteiger partial charge in [0, 0.05) is 39.0 Å². The number of ether oxygens (including phenoxy) is 2. The van der Waals surface area contributed by atoms with Crippen molar-refractivity contribution in [3.05, 3.63) is 71.3 Å². The van der Waals surface area contributed by atoms with Gasteiger partial charge < -0.3 is 14.4 Å². The Morgan fingerprint density at radius 2 is 1.67 bits per heavy atom. The molecule has 0 aromatic heterocycles. The summed E-state index contributed by atoms with van der Waals surface area (Å²) in [6.45, 7) is 6.65. The predicted octanol–water partition coefficient (Wildman–Crippen LogP) is 3.12. The summed E-state index contributed by atoms with van der Waals surface area (Å²) in [6.07, 6.45) is 0.715. The molecule has 188 valence electrons. The van der Waals surface area contributed by atoms with E-state index in [0.717, 1.165) is 24.2 Å². The van der Waals surface area contributed by atoms with Crippen LogP contribution in [0.2, 0.25) is 0 Å². The molecule has 2 amide bonds. The lowest BCUT2D eigenvalue weighted by atomic mass is 9.70. The number of benzene rings is 2. The number of morpholine rings is 1. The minimum absolute atomic E-state index is 0.109. The van der Waals surface area contributed by atoms with Gasteiger partial charge in [0.1, 0.15) is 11.1 Å². The topological polar surface area (TPSA) is 86.1 Å². The molecule has 8 heteroatoms. The van der Waals surface area contributed by atoms with Crippen molar-refractivity contribution in [1.82, 2.24) is 14.7 Å². The molecule has 8 nitrogen and oxygen atoms in total. The van der Waals surface area contributed by atoms with Crippen LogP contribution in [0.1, 0.15) is 36.5 Å². The smallest absolute Gasteiger partial charge is 0.411 e. The van der Waals surface area contributed by atoms with E-state index in [9.17, 15) is 14.9 Å². The Labute approximate surface area is 212 Å². The lowest BCUT2D eigenvalue weighted by molar-refractivity contribution is -0.139. The lowest BCUT2D eigenvalue weighted by Crippen LogP contribution is -2.59. The second-order valence-electron chi connectivity index (χ2n) is 9.92. The van der Waals surface area contributed by atoms with Crippen molar-refractivity contribution in [3.63, 3.8) is 0 Å².